The number of hydrogen-bond acceptors (Lipinski definition) is 2. The Morgan fingerprint density at radius 2 is 2.10 bits per heavy atom. The molecule has 0 aromatic carbocycles. The molecule has 21 heavy (non-hydrogen) atoms. The summed E-state index contributed by atoms with van der Waals surface area (Å²) >= 11 is 0. The molecule has 1 aliphatic carbocycles. The highest BCUT2D eigenvalue weighted by molar-refractivity contribution is 5.14. The first-order chi connectivity index (χ1) is 10.3. The summed E-state index contributed by atoms with van der Waals surface area (Å²) in [6.07, 6.45) is 12.5. The van der Waals surface area contributed by atoms with E-state index in [9.17, 15) is 0 Å². The van der Waals surface area contributed by atoms with Gasteiger partial charge in [-0.25, -0.2) is 0 Å². The number of aromatic nitrogens is 2. The van der Waals surface area contributed by atoms with Gasteiger partial charge in [0.05, 0.1) is 6.20 Å². The first kappa shape index (κ1) is 16.5. The first-order valence-electron chi connectivity index (χ1n) is 9.01. The van der Waals surface area contributed by atoms with Gasteiger partial charge in [0, 0.05) is 12.7 Å². The highest BCUT2D eigenvalue weighted by Gasteiger charge is 2.31. The van der Waals surface area contributed by atoms with Crippen LogP contribution >= 0.6 is 0 Å². The van der Waals surface area contributed by atoms with Gasteiger partial charge in [-0.15, -0.1) is 0 Å². The van der Waals surface area contributed by atoms with Gasteiger partial charge in [0.1, 0.15) is 0 Å². The zero-order chi connectivity index (χ0) is 15.1. The molecule has 3 unspecified atom stereocenters. The van der Waals surface area contributed by atoms with Gasteiger partial charge in [-0.05, 0) is 55.7 Å². The van der Waals surface area contributed by atoms with Gasteiger partial charge in [-0.2, -0.15) is 5.10 Å². The van der Waals surface area contributed by atoms with Gasteiger partial charge in [0.25, 0.3) is 0 Å². The molecule has 2 rings (SSSR count). The fraction of sp³-hybridized carbons (Fsp3) is 0.833. The van der Waals surface area contributed by atoms with Crippen molar-refractivity contribution in [1.29, 1.82) is 0 Å². The summed E-state index contributed by atoms with van der Waals surface area (Å²) in [5.41, 5.74) is 1.48. The Hall–Kier alpha value is -0.830. The van der Waals surface area contributed by atoms with Crippen LogP contribution in [0, 0.1) is 11.8 Å². The molecule has 1 fully saturated rings. The second-order valence-corrected chi connectivity index (χ2v) is 6.68. The summed E-state index contributed by atoms with van der Waals surface area (Å²) in [5.74, 6) is 2.42. The topological polar surface area (TPSA) is 29.9 Å². The fourth-order valence-corrected chi connectivity index (χ4v) is 3.90. The highest BCUT2D eigenvalue weighted by atomic mass is 15.3. The van der Waals surface area contributed by atoms with Crippen LogP contribution in [-0.2, 0) is 6.54 Å². The Bertz CT molecular complexity index is 399. The Kier molecular flexibility index (Phi) is 6.75. The minimum absolute atomic E-state index is 0.708. The molecule has 3 heteroatoms. The van der Waals surface area contributed by atoms with E-state index in [1.165, 1.54) is 44.2 Å². The summed E-state index contributed by atoms with van der Waals surface area (Å²) in [4.78, 5) is 0. The van der Waals surface area contributed by atoms with Gasteiger partial charge in [0.15, 0.2) is 0 Å². The molecule has 1 aromatic rings. The van der Waals surface area contributed by atoms with Crippen LogP contribution in [0.1, 0.15) is 70.8 Å². The zero-order valence-electron chi connectivity index (χ0n) is 14.1. The molecule has 3 nitrogen and oxygen atoms in total. The van der Waals surface area contributed by atoms with E-state index in [1.807, 2.05) is 0 Å². The lowest BCUT2D eigenvalue weighted by molar-refractivity contribution is 0.221. The summed E-state index contributed by atoms with van der Waals surface area (Å²) in [6.45, 7) is 10.0. The molecule has 1 heterocycles. The fourth-order valence-electron chi connectivity index (χ4n) is 3.90. The molecule has 0 amide bonds. The average molecular weight is 291 g/mol. The van der Waals surface area contributed by atoms with Crippen LogP contribution in [0.3, 0.4) is 0 Å². The van der Waals surface area contributed by atoms with Crippen LogP contribution in [0.5, 0.6) is 0 Å². The van der Waals surface area contributed by atoms with Crippen LogP contribution < -0.4 is 5.32 Å². The summed E-state index contributed by atoms with van der Waals surface area (Å²) in [6, 6.07) is 0. The Morgan fingerprint density at radius 1 is 1.24 bits per heavy atom. The molecule has 1 N–H and O–H groups in total. The van der Waals surface area contributed by atoms with Crippen molar-refractivity contribution in [2.75, 3.05) is 13.1 Å². The third kappa shape index (κ3) is 4.57. The molecule has 1 aliphatic rings. The molecular weight excluding hydrogens is 258 g/mol. The molecule has 0 bridgehead atoms. The van der Waals surface area contributed by atoms with Crippen molar-refractivity contribution in [2.45, 2.75) is 71.8 Å². The monoisotopic (exact) mass is 291 g/mol. The predicted molar refractivity (Wildman–Crippen MR) is 89.5 cm³/mol. The second-order valence-electron chi connectivity index (χ2n) is 6.68. The van der Waals surface area contributed by atoms with E-state index in [2.05, 4.69) is 48.3 Å². The quantitative estimate of drug-likeness (QED) is 0.778. The van der Waals surface area contributed by atoms with E-state index in [0.29, 0.717) is 5.92 Å². The first-order valence-corrected chi connectivity index (χ1v) is 9.01. The number of aryl methyl sites for hydroxylation is 1. The molecule has 0 radical (unpaired) electrons. The van der Waals surface area contributed by atoms with E-state index in [0.717, 1.165) is 31.3 Å². The van der Waals surface area contributed by atoms with Crippen molar-refractivity contribution in [3.05, 3.63) is 18.0 Å². The Morgan fingerprint density at radius 3 is 2.81 bits per heavy atom. The molecule has 0 saturated heterocycles. The zero-order valence-corrected chi connectivity index (χ0v) is 14.1. The molecule has 3 atom stereocenters. The van der Waals surface area contributed by atoms with Gasteiger partial charge < -0.3 is 5.32 Å². The lowest BCUT2D eigenvalue weighted by Crippen LogP contribution is -2.32. The van der Waals surface area contributed by atoms with E-state index in [4.69, 9.17) is 0 Å². The summed E-state index contributed by atoms with van der Waals surface area (Å²) in [5, 5.41) is 8.13. The maximum atomic E-state index is 4.56. The van der Waals surface area contributed by atoms with Gasteiger partial charge in [-0.3, -0.25) is 4.68 Å². The summed E-state index contributed by atoms with van der Waals surface area (Å²) in [7, 11) is 0. The summed E-state index contributed by atoms with van der Waals surface area (Å²) < 4.78 is 2.13. The van der Waals surface area contributed by atoms with E-state index in [-0.39, 0.29) is 0 Å². The molecule has 1 aromatic heterocycles. The van der Waals surface area contributed by atoms with Gasteiger partial charge >= 0.3 is 0 Å². The van der Waals surface area contributed by atoms with E-state index in [1.54, 1.807) is 0 Å². The van der Waals surface area contributed by atoms with Crippen molar-refractivity contribution < 1.29 is 0 Å². The maximum absolute atomic E-state index is 4.56. The normalized spacial score (nSPS) is 26.1. The van der Waals surface area contributed by atoms with Crippen molar-refractivity contribution in [3.8, 4) is 0 Å². The minimum Gasteiger partial charge on any atom is -0.317 e. The lowest BCUT2D eigenvalue weighted by atomic mass is 9.70. The predicted octanol–water partition coefficient (Wildman–Crippen LogP) is 4.20. The van der Waals surface area contributed by atoms with Crippen LogP contribution in [0.25, 0.3) is 0 Å². The van der Waals surface area contributed by atoms with Crippen LogP contribution in [0.2, 0.25) is 0 Å². The molecular formula is C18H33N3. The average Bonchev–Trinajstić information content (AvgIpc) is 2.95. The van der Waals surface area contributed by atoms with Crippen molar-refractivity contribution in [2.24, 2.45) is 11.8 Å². The third-order valence-electron chi connectivity index (χ3n) is 4.99. The maximum Gasteiger partial charge on any atom is 0.0524 e. The highest BCUT2D eigenvalue weighted by Crippen LogP contribution is 2.41. The molecule has 1 saturated carbocycles. The minimum atomic E-state index is 0.708. The lowest BCUT2D eigenvalue weighted by Gasteiger charge is -2.36. The van der Waals surface area contributed by atoms with Gasteiger partial charge in [0.2, 0.25) is 0 Å². The third-order valence-corrected chi connectivity index (χ3v) is 4.99. The van der Waals surface area contributed by atoms with Crippen LogP contribution in [0.4, 0.5) is 0 Å². The SMILES string of the molecule is CCCC1CCC(CNCC)C(c2cnn(CCC)c2)C1. The largest absolute Gasteiger partial charge is 0.317 e. The van der Waals surface area contributed by atoms with Crippen molar-refractivity contribution in [1.82, 2.24) is 15.1 Å². The van der Waals surface area contributed by atoms with Gasteiger partial charge in [-0.1, -0.05) is 40.0 Å². The van der Waals surface area contributed by atoms with Crippen LogP contribution in [-0.4, -0.2) is 22.9 Å². The molecule has 0 spiro atoms. The number of nitrogens with one attached hydrogen (secondary N) is 1. The van der Waals surface area contributed by atoms with E-state index >= 15 is 0 Å². The second kappa shape index (κ2) is 8.57. The number of nitrogens with zero attached hydrogens (tertiary/aromatic N) is 2. The smallest absolute Gasteiger partial charge is 0.0524 e. The van der Waals surface area contributed by atoms with Crippen LogP contribution in [0.15, 0.2) is 12.4 Å². The Balaban J connectivity index is 2.06. The van der Waals surface area contributed by atoms with E-state index < -0.39 is 0 Å². The number of hydrogen-bond donors (Lipinski definition) is 1. The number of rotatable bonds is 8. The Labute approximate surface area is 130 Å². The van der Waals surface area contributed by atoms with Crippen molar-refractivity contribution >= 4 is 0 Å². The standard InChI is InChI=1S/C18H33N3/c1-4-7-15-8-9-16(12-19-6-3)18(11-15)17-13-20-21(14-17)10-5-2/h13-16,18-19H,4-12H2,1-3H3. The molecule has 0 aliphatic heterocycles. The molecule has 120 valence electrons. The van der Waals surface area contributed by atoms with Crippen molar-refractivity contribution in [3.63, 3.8) is 0 Å².